The Labute approximate surface area is 98.9 Å². The zero-order chi connectivity index (χ0) is 11.5. The summed E-state index contributed by atoms with van der Waals surface area (Å²) in [6.45, 7) is 2.93. The van der Waals surface area contributed by atoms with Crippen molar-refractivity contribution < 1.29 is 4.79 Å². The van der Waals surface area contributed by atoms with Gasteiger partial charge in [-0.3, -0.25) is 4.79 Å². The molecule has 1 fully saturated rings. The molecule has 0 unspecified atom stereocenters. The van der Waals surface area contributed by atoms with Crippen LogP contribution >= 0.6 is 11.3 Å². The number of hydrogen-bond donors (Lipinski definition) is 1. The van der Waals surface area contributed by atoms with Gasteiger partial charge in [0.25, 0.3) is 0 Å². The summed E-state index contributed by atoms with van der Waals surface area (Å²) in [5.41, 5.74) is 0. The maximum absolute atomic E-state index is 11.7. The van der Waals surface area contributed by atoms with Crippen molar-refractivity contribution in [3.63, 3.8) is 0 Å². The van der Waals surface area contributed by atoms with Crippen molar-refractivity contribution in [2.24, 2.45) is 0 Å². The maximum atomic E-state index is 11.7. The molecule has 2 rings (SSSR count). The van der Waals surface area contributed by atoms with Gasteiger partial charge < -0.3 is 10.2 Å². The van der Waals surface area contributed by atoms with E-state index in [9.17, 15) is 4.79 Å². The molecule has 0 radical (unpaired) electrons. The third-order valence-corrected chi connectivity index (χ3v) is 3.57. The van der Waals surface area contributed by atoms with Gasteiger partial charge in [-0.1, -0.05) is 18.3 Å². The van der Waals surface area contributed by atoms with Crippen LogP contribution in [0.4, 0.5) is 5.13 Å². The molecule has 1 atom stereocenters. The topological polar surface area (TPSA) is 58.1 Å². The average molecular weight is 240 g/mol. The van der Waals surface area contributed by atoms with E-state index in [0.29, 0.717) is 0 Å². The molecule has 1 aromatic rings. The lowest BCUT2D eigenvalue weighted by Crippen LogP contribution is -2.30. The van der Waals surface area contributed by atoms with Crippen LogP contribution in [0.2, 0.25) is 0 Å². The van der Waals surface area contributed by atoms with Gasteiger partial charge in [0, 0.05) is 20.0 Å². The van der Waals surface area contributed by atoms with Gasteiger partial charge in [0.2, 0.25) is 11.0 Å². The van der Waals surface area contributed by atoms with Gasteiger partial charge in [-0.25, -0.2) is 0 Å². The van der Waals surface area contributed by atoms with Crippen LogP contribution in [-0.2, 0) is 11.2 Å². The molecule has 6 heteroatoms. The molecule has 2 heterocycles. The van der Waals surface area contributed by atoms with E-state index in [2.05, 4.69) is 22.4 Å². The first kappa shape index (κ1) is 11.3. The molecule has 1 aromatic heterocycles. The molecule has 0 aliphatic carbocycles. The Balaban J connectivity index is 1.96. The van der Waals surface area contributed by atoms with Crippen LogP contribution in [0.25, 0.3) is 0 Å². The lowest BCUT2D eigenvalue weighted by molar-refractivity contribution is -0.127. The van der Waals surface area contributed by atoms with Crippen LogP contribution in [0.15, 0.2) is 0 Å². The fraction of sp³-hybridized carbons (Fsp3) is 0.700. The second-order valence-corrected chi connectivity index (χ2v) is 5.06. The van der Waals surface area contributed by atoms with Crippen LogP contribution in [0.1, 0.15) is 24.8 Å². The number of carbonyl (C=O) groups is 1. The van der Waals surface area contributed by atoms with E-state index in [1.54, 1.807) is 16.2 Å². The normalized spacial score (nSPS) is 20.5. The van der Waals surface area contributed by atoms with E-state index >= 15 is 0 Å². The van der Waals surface area contributed by atoms with Gasteiger partial charge in [0.15, 0.2) is 0 Å². The molecule has 1 aliphatic heterocycles. The van der Waals surface area contributed by atoms with E-state index in [-0.39, 0.29) is 11.9 Å². The minimum Gasteiger partial charge on any atom is -0.348 e. The van der Waals surface area contributed by atoms with Gasteiger partial charge in [-0.05, 0) is 12.8 Å². The van der Waals surface area contributed by atoms with E-state index in [1.807, 2.05) is 7.05 Å². The molecule has 1 amide bonds. The Morgan fingerprint density at radius 3 is 3.00 bits per heavy atom. The minimum atomic E-state index is -0.118. The van der Waals surface area contributed by atoms with Gasteiger partial charge in [0.05, 0.1) is 0 Å². The van der Waals surface area contributed by atoms with Crippen LogP contribution < -0.4 is 5.32 Å². The number of likely N-dealkylation sites (N-methyl/N-ethyl adjacent to an activating group) is 1. The highest BCUT2D eigenvalue weighted by Gasteiger charge is 2.29. The van der Waals surface area contributed by atoms with E-state index in [0.717, 1.165) is 35.9 Å². The second-order valence-electron chi connectivity index (χ2n) is 4.00. The third kappa shape index (κ3) is 2.32. The number of nitrogens with one attached hydrogen (secondary N) is 1. The summed E-state index contributed by atoms with van der Waals surface area (Å²) in [7, 11) is 1.83. The number of nitrogens with zero attached hydrogens (tertiary/aromatic N) is 3. The van der Waals surface area contributed by atoms with E-state index in [4.69, 9.17) is 0 Å². The number of hydrogen-bond acceptors (Lipinski definition) is 5. The molecule has 0 saturated carbocycles. The van der Waals surface area contributed by atoms with Crippen molar-refractivity contribution in [3.05, 3.63) is 5.01 Å². The summed E-state index contributed by atoms with van der Waals surface area (Å²) in [5, 5.41) is 13.1. The number of likely N-dealkylation sites (tertiary alicyclic amines) is 1. The molecule has 0 bridgehead atoms. The zero-order valence-electron chi connectivity index (χ0n) is 9.56. The fourth-order valence-electron chi connectivity index (χ4n) is 1.73. The smallest absolute Gasteiger partial charge is 0.244 e. The predicted molar refractivity (Wildman–Crippen MR) is 63.6 cm³/mol. The molecule has 5 nitrogen and oxygen atoms in total. The second kappa shape index (κ2) is 4.78. The van der Waals surface area contributed by atoms with E-state index < -0.39 is 0 Å². The first-order valence-corrected chi connectivity index (χ1v) is 6.36. The van der Waals surface area contributed by atoms with Gasteiger partial charge in [-0.15, -0.1) is 10.2 Å². The highest BCUT2D eigenvalue weighted by molar-refractivity contribution is 7.15. The highest BCUT2D eigenvalue weighted by Crippen LogP contribution is 2.20. The number of anilines is 1. The van der Waals surface area contributed by atoms with Crippen LogP contribution in [-0.4, -0.2) is 40.6 Å². The van der Waals surface area contributed by atoms with Crippen molar-refractivity contribution >= 4 is 22.4 Å². The Kier molecular flexibility index (Phi) is 3.38. The number of carbonyl (C=O) groups excluding carboxylic acids is 1. The lowest BCUT2D eigenvalue weighted by atomic mass is 10.2. The SMILES string of the molecule is CCCc1nnc(N[C@H]2CCN(C)C2=O)s1. The quantitative estimate of drug-likeness (QED) is 0.857. The number of amides is 1. The van der Waals surface area contributed by atoms with Crippen molar-refractivity contribution in [2.45, 2.75) is 32.2 Å². The minimum absolute atomic E-state index is 0.118. The summed E-state index contributed by atoms with van der Waals surface area (Å²) in [5.74, 6) is 0.146. The largest absolute Gasteiger partial charge is 0.348 e. The molecule has 0 spiro atoms. The summed E-state index contributed by atoms with van der Waals surface area (Å²) in [6, 6.07) is -0.118. The van der Waals surface area contributed by atoms with E-state index in [1.165, 1.54) is 0 Å². The molecule has 0 aromatic carbocycles. The van der Waals surface area contributed by atoms with Crippen molar-refractivity contribution in [1.29, 1.82) is 0 Å². The first-order valence-electron chi connectivity index (χ1n) is 5.54. The number of rotatable bonds is 4. The summed E-state index contributed by atoms with van der Waals surface area (Å²) in [4.78, 5) is 13.4. The molecule has 88 valence electrons. The molecule has 1 saturated heterocycles. The highest BCUT2D eigenvalue weighted by atomic mass is 32.1. The number of aromatic nitrogens is 2. The van der Waals surface area contributed by atoms with Crippen molar-refractivity contribution in [3.8, 4) is 0 Å². The Morgan fingerprint density at radius 2 is 2.38 bits per heavy atom. The number of aryl methyl sites for hydroxylation is 1. The first-order chi connectivity index (χ1) is 7.70. The summed E-state index contributed by atoms with van der Waals surface area (Å²) in [6.07, 6.45) is 2.87. The molecular formula is C10H16N4OS. The molecular weight excluding hydrogens is 224 g/mol. The zero-order valence-corrected chi connectivity index (χ0v) is 10.4. The van der Waals surface area contributed by atoms with Crippen molar-refractivity contribution in [1.82, 2.24) is 15.1 Å². The maximum Gasteiger partial charge on any atom is 0.244 e. The summed E-state index contributed by atoms with van der Waals surface area (Å²) >= 11 is 1.54. The van der Waals surface area contributed by atoms with Gasteiger partial charge in [0.1, 0.15) is 11.0 Å². The van der Waals surface area contributed by atoms with Gasteiger partial charge in [-0.2, -0.15) is 0 Å². The van der Waals surface area contributed by atoms with Crippen LogP contribution in [0.5, 0.6) is 0 Å². The van der Waals surface area contributed by atoms with Crippen LogP contribution in [0, 0.1) is 0 Å². The Morgan fingerprint density at radius 1 is 1.56 bits per heavy atom. The lowest BCUT2D eigenvalue weighted by Gasteiger charge is -2.10. The average Bonchev–Trinajstić information content (AvgIpc) is 2.82. The van der Waals surface area contributed by atoms with Crippen LogP contribution in [0.3, 0.4) is 0 Å². The third-order valence-electron chi connectivity index (χ3n) is 2.66. The Hall–Kier alpha value is -1.17. The predicted octanol–water partition coefficient (Wildman–Crippen LogP) is 1.13. The van der Waals surface area contributed by atoms with Crippen molar-refractivity contribution in [2.75, 3.05) is 18.9 Å². The molecule has 16 heavy (non-hydrogen) atoms. The Bertz CT molecular complexity index is 379. The standard InChI is InChI=1S/C10H16N4OS/c1-3-4-8-12-13-10(16-8)11-7-5-6-14(2)9(7)15/h7H,3-6H2,1-2H3,(H,11,13)/t7-/m0/s1. The van der Waals surface area contributed by atoms with Gasteiger partial charge >= 0.3 is 0 Å². The molecule has 1 N–H and O–H groups in total. The molecule has 1 aliphatic rings. The fourth-order valence-corrected chi connectivity index (χ4v) is 2.63. The summed E-state index contributed by atoms with van der Waals surface area (Å²) < 4.78 is 0. The monoisotopic (exact) mass is 240 g/mol.